The first-order valence-electron chi connectivity index (χ1n) is 5.44. The van der Waals surface area contributed by atoms with E-state index in [0.29, 0.717) is 17.7 Å². The van der Waals surface area contributed by atoms with E-state index in [1.807, 2.05) is 26.8 Å². The Labute approximate surface area is 95.7 Å². The standard InChI is InChI=1S/C12H18N2O2/c1-4-10(7-15)14-12(16)11-6-5-8(2)13-9(11)3/h5-6,10,15H,4,7H2,1-3H3,(H,14,16). The Kier molecular flexibility index (Phi) is 4.43. The quantitative estimate of drug-likeness (QED) is 0.804. The van der Waals surface area contributed by atoms with Gasteiger partial charge in [0, 0.05) is 5.69 Å². The number of aromatic nitrogens is 1. The second-order valence-corrected chi connectivity index (χ2v) is 3.85. The van der Waals surface area contributed by atoms with Gasteiger partial charge in [0.2, 0.25) is 0 Å². The lowest BCUT2D eigenvalue weighted by Gasteiger charge is -2.14. The third kappa shape index (κ3) is 3.03. The monoisotopic (exact) mass is 222 g/mol. The Hall–Kier alpha value is -1.42. The van der Waals surface area contributed by atoms with E-state index in [1.54, 1.807) is 6.07 Å². The molecule has 0 bridgehead atoms. The van der Waals surface area contributed by atoms with Gasteiger partial charge in [-0.05, 0) is 32.4 Å². The van der Waals surface area contributed by atoms with Crippen molar-refractivity contribution in [2.75, 3.05) is 6.61 Å². The summed E-state index contributed by atoms with van der Waals surface area (Å²) in [6, 6.07) is 3.38. The summed E-state index contributed by atoms with van der Waals surface area (Å²) in [5.74, 6) is -0.175. The molecule has 0 saturated carbocycles. The fourth-order valence-electron chi connectivity index (χ4n) is 1.47. The normalized spacial score (nSPS) is 12.2. The highest BCUT2D eigenvalue weighted by Gasteiger charge is 2.13. The van der Waals surface area contributed by atoms with E-state index in [0.717, 1.165) is 5.69 Å². The maximum absolute atomic E-state index is 11.8. The molecule has 0 aromatic carbocycles. The van der Waals surface area contributed by atoms with Crippen LogP contribution in [0.5, 0.6) is 0 Å². The first-order valence-corrected chi connectivity index (χ1v) is 5.44. The van der Waals surface area contributed by atoms with Crippen LogP contribution >= 0.6 is 0 Å². The first-order chi connectivity index (χ1) is 7.58. The van der Waals surface area contributed by atoms with Gasteiger partial charge in [-0.25, -0.2) is 0 Å². The predicted molar refractivity (Wildman–Crippen MR) is 62.3 cm³/mol. The molecule has 88 valence electrons. The van der Waals surface area contributed by atoms with Crippen LogP contribution < -0.4 is 5.32 Å². The second kappa shape index (κ2) is 5.61. The molecule has 1 aromatic rings. The Bertz CT molecular complexity index is 373. The van der Waals surface area contributed by atoms with Gasteiger partial charge in [0.25, 0.3) is 5.91 Å². The fourth-order valence-corrected chi connectivity index (χ4v) is 1.47. The third-order valence-electron chi connectivity index (χ3n) is 2.52. The summed E-state index contributed by atoms with van der Waals surface area (Å²) >= 11 is 0. The van der Waals surface area contributed by atoms with Crippen molar-refractivity contribution in [3.05, 3.63) is 29.1 Å². The molecule has 1 rings (SSSR count). The summed E-state index contributed by atoms with van der Waals surface area (Å²) < 4.78 is 0. The molecule has 0 aliphatic heterocycles. The molecule has 0 aliphatic carbocycles. The van der Waals surface area contributed by atoms with Crippen molar-refractivity contribution < 1.29 is 9.90 Å². The molecule has 1 amide bonds. The molecule has 1 unspecified atom stereocenters. The molecule has 0 saturated heterocycles. The van der Waals surface area contributed by atoms with Crippen molar-refractivity contribution >= 4 is 5.91 Å². The zero-order chi connectivity index (χ0) is 12.1. The average molecular weight is 222 g/mol. The maximum Gasteiger partial charge on any atom is 0.253 e. The number of pyridine rings is 1. The van der Waals surface area contributed by atoms with Gasteiger partial charge < -0.3 is 10.4 Å². The highest BCUT2D eigenvalue weighted by molar-refractivity contribution is 5.95. The summed E-state index contributed by atoms with van der Waals surface area (Å²) in [6.07, 6.45) is 0.709. The van der Waals surface area contributed by atoms with Gasteiger partial charge in [-0.3, -0.25) is 9.78 Å². The molecule has 2 N–H and O–H groups in total. The molecule has 0 radical (unpaired) electrons. The summed E-state index contributed by atoms with van der Waals surface area (Å²) in [6.45, 7) is 5.57. The lowest BCUT2D eigenvalue weighted by atomic mass is 10.1. The lowest BCUT2D eigenvalue weighted by molar-refractivity contribution is 0.0914. The van der Waals surface area contributed by atoms with Crippen LogP contribution in [-0.2, 0) is 0 Å². The molecule has 1 atom stereocenters. The minimum Gasteiger partial charge on any atom is -0.394 e. The zero-order valence-corrected chi connectivity index (χ0v) is 9.95. The molecular weight excluding hydrogens is 204 g/mol. The van der Waals surface area contributed by atoms with Crippen LogP contribution in [0.2, 0.25) is 0 Å². The number of hydrogen-bond donors (Lipinski definition) is 2. The van der Waals surface area contributed by atoms with Crippen LogP contribution in [0.1, 0.15) is 35.1 Å². The summed E-state index contributed by atoms with van der Waals surface area (Å²) in [7, 11) is 0. The van der Waals surface area contributed by atoms with Gasteiger partial charge in [0.15, 0.2) is 0 Å². The number of carbonyl (C=O) groups is 1. The van der Waals surface area contributed by atoms with E-state index in [1.165, 1.54) is 0 Å². The number of aliphatic hydroxyl groups excluding tert-OH is 1. The van der Waals surface area contributed by atoms with Crippen LogP contribution in [0.15, 0.2) is 12.1 Å². The van der Waals surface area contributed by atoms with E-state index < -0.39 is 0 Å². The van der Waals surface area contributed by atoms with Crippen LogP contribution in [0.3, 0.4) is 0 Å². The zero-order valence-electron chi connectivity index (χ0n) is 9.95. The Morgan fingerprint density at radius 2 is 2.19 bits per heavy atom. The van der Waals surface area contributed by atoms with Gasteiger partial charge in [-0.2, -0.15) is 0 Å². The highest BCUT2D eigenvalue weighted by Crippen LogP contribution is 2.07. The Balaban J connectivity index is 2.80. The van der Waals surface area contributed by atoms with Crippen molar-refractivity contribution in [2.45, 2.75) is 33.2 Å². The third-order valence-corrected chi connectivity index (χ3v) is 2.52. The lowest BCUT2D eigenvalue weighted by Crippen LogP contribution is -2.37. The molecule has 0 spiro atoms. The summed E-state index contributed by atoms with van der Waals surface area (Å²) in [4.78, 5) is 16.1. The van der Waals surface area contributed by atoms with Crippen molar-refractivity contribution in [1.29, 1.82) is 0 Å². The van der Waals surface area contributed by atoms with Gasteiger partial charge in [-0.1, -0.05) is 6.92 Å². The van der Waals surface area contributed by atoms with E-state index >= 15 is 0 Å². The number of rotatable bonds is 4. The molecule has 4 heteroatoms. The topological polar surface area (TPSA) is 62.2 Å². The minimum absolute atomic E-state index is 0.0411. The van der Waals surface area contributed by atoms with Gasteiger partial charge in [0.1, 0.15) is 0 Å². The number of hydrogen-bond acceptors (Lipinski definition) is 3. The van der Waals surface area contributed by atoms with E-state index in [4.69, 9.17) is 5.11 Å². The Morgan fingerprint density at radius 3 is 2.69 bits per heavy atom. The van der Waals surface area contributed by atoms with E-state index in [2.05, 4.69) is 10.3 Å². The van der Waals surface area contributed by atoms with Crippen LogP contribution in [0, 0.1) is 13.8 Å². The highest BCUT2D eigenvalue weighted by atomic mass is 16.3. The number of nitrogens with zero attached hydrogens (tertiary/aromatic N) is 1. The number of aliphatic hydroxyl groups is 1. The van der Waals surface area contributed by atoms with Crippen LogP contribution in [-0.4, -0.2) is 28.6 Å². The molecule has 0 fully saturated rings. The molecule has 1 heterocycles. The minimum atomic E-state index is -0.187. The van der Waals surface area contributed by atoms with Gasteiger partial charge in [-0.15, -0.1) is 0 Å². The van der Waals surface area contributed by atoms with E-state index in [-0.39, 0.29) is 18.6 Å². The largest absolute Gasteiger partial charge is 0.394 e. The van der Waals surface area contributed by atoms with Crippen molar-refractivity contribution in [1.82, 2.24) is 10.3 Å². The number of amides is 1. The van der Waals surface area contributed by atoms with Crippen molar-refractivity contribution in [2.24, 2.45) is 0 Å². The Morgan fingerprint density at radius 1 is 1.50 bits per heavy atom. The average Bonchev–Trinajstić information content (AvgIpc) is 2.25. The summed E-state index contributed by atoms with van der Waals surface area (Å²) in [5, 5.41) is 11.8. The number of carbonyl (C=O) groups excluding carboxylic acids is 1. The number of aryl methyl sites for hydroxylation is 2. The first kappa shape index (κ1) is 12.6. The van der Waals surface area contributed by atoms with Crippen molar-refractivity contribution in [3.63, 3.8) is 0 Å². The van der Waals surface area contributed by atoms with E-state index in [9.17, 15) is 4.79 Å². The van der Waals surface area contributed by atoms with Crippen LogP contribution in [0.4, 0.5) is 0 Å². The molecule has 16 heavy (non-hydrogen) atoms. The molecular formula is C12H18N2O2. The molecule has 4 nitrogen and oxygen atoms in total. The maximum atomic E-state index is 11.8. The predicted octanol–water partition coefficient (Wildman–Crippen LogP) is 1.20. The molecule has 0 aliphatic rings. The number of nitrogens with one attached hydrogen (secondary N) is 1. The smallest absolute Gasteiger partial charge is 0.253 e. The summed E-state index contributed by atoms with van der Waals surface area (Å²) in [5.41, 5.74) is 2.17. The van der Waals surface area contributed by atoms with Gasteiger partial charge in [0.05, 0.1) is 23.9 Å². The molecule has 1 aromatic heterocycles. The van der Waals surface area contributed by atoms with Gasteiger partial charge >= 0.3 is 0 Å². The fraction of sp³-hybridized carbons (Fsp3) is 0.500. The van der Waals surface area contributed by atoms with Crippen LogP contribution in [0.25, 0.3) is 0 Å². The SMILES string of the molecule is CCC(CO)NC(=O)c1ccc(C)nc1C. The van der Waals surface area contributed by atoms with Crippen molar-refractivity contribution in [3.8, 4) is 0 Å². The second-order valence-electron chi connectivity index (χ2n) is 3.85.